The second-order valence-electron chi connectivity index (χ2n) is 5.08. The fraction of sp³-hybridized carbons (Fsp3) is 0.500. The van der Waals surface area contributed by atoms with E-state index >= 15 is 0 Å². The molecule has 1 saturated carbocycles. The van der Waals surface area contributed by atoms with Crippen molar-refractivity contribution in [3.63, 3.8) is 0 Å². The number of rotatable bonds is 3. The molecule has 4 nitrogen and oxygen atoms in total. The standard InChI is InChI=1S/C12H15NO3/c1-11(2)7-12(11,8-14)9-5-3-4-6-10(9)13(15)16/h3-6,14H,7-8H2,1-2H3. The zero-order valence-electron chi connectivity index (χ0n) is 9.43. The Bertz CT molecular complexity index is 442. The Hall–Kier alpha value is -1.42. The summed E-state index contributed by atoms with van der Waals surface area (Å²) in [5.41, 5.74) is 0.277. The van der Waals surface area contributed by atoms with Crippen molar-refractivity contribution in [2.75, 3.05) is 6.61 Å². The maximum atomic E-state index is 10.9. The highest BCUT2D eigenvalue weighted by Crippen LogP contribution is 2.65. The molecule has 1 N–H and O–H groups in total. The summed E-state index contributed by atoms with van der Waals surface area (Å²) in [6.07, 6.45) is 0.793. The van der Waals surface area contributed by atoms with Crippen LogP contribution >= 0.6 is 0 Å². The molecule has 0 spiro atoms. The van der Waals surface area contributed by atoms with Crippen LogP contribution in [0.4, 0.5) is 5.69 Å². The van der Waals surface area contributed by atoms with E-state index in [1.54, 1.807) is 18.2 Å². The molecule has 86 valence electrons. The highest BCUT2D eigenvalue weighted by Gasteiger charge is 2.63. The van der Waals surface area contributed by atoms with Gasteiger partial charge in [0.15, 0.2) is 0 Å². The lowest BCUT2D eigenvalue weighted by molar-refractivity contribution is -0.386. The summed E-state index contributed by atoms with van der Waals surface area (Å²) >= 11 is 0. The lowest BCUT2D eigenvalue weighted by atomic mass is 9.87. The number of hydrogen-bond acceptors (Lipinski definition) is 3. The molecule has 0 aliphatic heterocycles. The van der Waals surface area contributed by atoms with Crippen LogP contribution in [0.5, 0.6) is 0 Å². The average Bonchev–Trinajstić information content (AvgIpc) is 2.82. The molecule has 1 unspecified atom stereocenters. The molecule has 1 aromatic rings. The molecular formula is C12H15NO3. The van der Waals surface area contributed by atoms with E-state index in [1.807, 2.05) is 13.8 Å². The number of benzene rings is 1. The summed E-state index contributed by atoms with van der Waals surface area (Å²) in [6, 6.07) is 6.69. The fourth-order valence-electron chi connectivity index (χ4n) is 2.56. The van der Waals surface area contributed by atoms with E-state index in [0.717, 1.165) is 6.42 Å². The third-order valence-electron chi connectivity index (χ3n) is 3.80. The highest BCUT2D eigenvalue weighted by molar-refractivity contribution is 5.50. The first-order chi connectivity index (χ1) is 7.44. The second-order valence-corrected chi connectivity index (χ2v) is 5.08. The van der Waals surface area contributed by atoms with Crippen molar-refractivity contribution in [1.82, 2.24) is 0 Å². The first-order valence-electron chi connectivity index (χ1n) is 5.29. The second kappa shape index (κ2) is 3.28. The van der Waals surface area contributed by atoms with Gasteiger partial charge in [-0.2, -0.15) is 0 Å². The first-order valence-corrected chi connectivity index (χ1v) is 5.29. The minimum absolute atomic E-state index is 0.0369. The predicted molar refractivity (Wildman–Crippen MR) is 60.3 cm³/mol. The van der Waals surface area contributed by atoms with Gasteiger partial charge in [0, 0.05) is 17.0 Å². The van der Waals surface area contributed by atoms with Crippen LogP contribution in [0.15, 0.2) is 24.3 Å². The van der Waals surface area contributed by atoms with Crippen LogP contribution in [0, 0.1) is 15.5 Å². The van der Waals surface area contributed by atoms with Gasteiger partial charge in [0.2, 0.25) is 0 Å². The Morgan fingerprint density at radius 3 is 2.44 bits per heavy atom. The maximum Gasteiger partial charge on any atom is 0.273 e. The number of nitro groups is 1. The molecule has 16 heavy (non-hydrogen) atoms. The largest absolute Gasteiger partial charge is 0.395 e. The van der Waals surface area contributed by atoms with Crippen LogP contribution in [0.25, 0.3) is 0 Å². The molecule has 0 saturated heterocycles. The number of nitrogens with zero attached hydrogens (tertiary/aromatic N) is 1. The first kappa shape index (κ1) is 11.1. The van der Waals surface area contributed by atoms with Gasteiger partial charge in [-0.25, -0.2) is 0 Å². The fourth-order valence-corrected chi connectivity index (χ4v) is 2.56. The molecule has 1 fully saturated rings. The van der Waals surface area contributed by atoms with Crippen molar-refractivity contribution >= 4 is 5.69 Å². The van der Waals surface area contributed by atoms with Crippen molar-refractivity contribution in [1.29, 1.82) is 0 Å². The SMILES string of the molecule is CC1(C)CC1(CO)c1ccccc1[N+](=O)[O-]. The van der Waals surface area contributed by atoms with Gasteiger partial charge in [0.25, 0.3) is 5.69 Å². The summed E-state index contributed by atoms with van der Waals surface area (Å²) in [6.45, 7) is 4.02. The Labute approximate surface area is 94.1 Å². The van der Waals surface area contributed by atoms with E-state index < -0.39 is 5.41 Å². The Morgan fingerprint density at radius 2 is 2.00 bits per heavy atom. The van der Waals surface area contributed by atoms with Crippen LogP contribution in [-0.4, -0.2) is 16.6 Å². The molecule has 0 bridgehead atoms. The molecule has 1 aliphatic carbocycles. The Morgan fingerprint density at radius 1 is 1.44 bits per heavy atom. The van der Waals surface area contributed by atoms with E-state index in [2.05, 4.69) is 0 Å². The van der Waals surface area contributed by atoms with E-state index in [4.69, 9.17) is 0 Å². The van der Waals surface area contributed by atoms with Crippen LogP contribution < -0.4 is 0 Å². The molecule has 0 aromatic heterocycles. The predicted octanol–water partition coefficient (Wildman–Crippen LogP) is 2.25. The molecule has 0 radical (unpaired) electrons. The van der Waals surface area contributed by atoms with Crippen molar-refractivity contribution in [2.24, 2.45) is 5.41 Å². The topological polar surface area (TPSA) is 63.4 Å². The van der Waals surface area contributed by atoms with Crippen LogP contribution in [0.1, 0.15) is 25.8 Å². The zero-order valence-corrected chi connectivity index (χ0v) is 9.43. The monoisotopic (exact) mass is 221 g/mol. The van der Waals surface area contributed by atoms with Gasteiger partial charge in [-0.1, -0.05) is 32.0 Å². The van der Waals surface area contributed by atoms with Crippen LogP contribution in [0.2, 0.25) is 0 Å². The Kier molecular flexibility index (Phi) is 2.27. The highest BCUT2D eigenvalue weighted by atomic mass is 16.6. The molecule has 0 amide bonds. The molecule has 4 heteroatoms. The van der Waals surface area contributed by atoms with Crippen molar-refractivity contribution in [2.45, 2.75) is 25.7 Å². The van der Waals surface area contributed by atoms with E-state index in [-0.39, 0.29) is 22.6 Å². The van der Waals surface area contributed by atoms with Gasteiger partial charge in [0.05, 0.1) is 11.5 Å². The quantitative estimate of drug-likeness (QED) is 0.629. The molecule has 1 aromatic carbocycles. The summed E-state index contributed by atoms with van der Waals surface area (Å²) in [7, 11) is 0. The Balaban J connectivity index is 2.53. The van der Waals surface area contributed by atoms with Gasteiger partial charge in [-0.15, -0.1) is 0 Å². The number of aliphatic hydroxyl groups excluding tert-OH is 1. The van der Waals surface area contributed by atoms with Gasteiger partial charge in [0.1, 0.15) is 0 Å². The average molecular weight is 221 g/mol. The van der Waals surface area contributed by atoms with Gasteiger partial charge in [-0.05, 0) is 11.8 Å². The van der Waals surface area contributed by atoms with Gasteiger partial charge in [-0.3, -0.25) is 10.1 Å². The van der Waals surface area contributed by atoms with Gasteiger partial charge >= 0.3 is 0 Å². The minimum Gasteiger partial charge on any atom is -0.395 e. The minimum atomic E-state index is -0.434. The van der Waals surface area contributed by atoms with E-state index in [9.17, 15) is 15.2 Å². The zero-order chi connectivity index (χ0) is 12.0. The smallest absolute Gasteiger partial charge is 0.273 e. The third-order valence-corrected chi connectivity index (χ3v) is 3.80. The van der Waals surface area contributed by atoms with Crippen LogP contribution in [-0.2, 0) is 5.41 Å². The molecule has 1 atom stereocenters. The molecule has 2 rings (SSSR count). The summed E-state index contributed by atoms with van der Waals surface area (Å²) in [5, 5.41) is 20.5. The van der Waals surface area contributed by atoms with Crippen molar-refractivity contribution < 1.29 is 10.0 Å². The van der Waals surface area contributed by atoms with E-state index in [1.165, 1.54) is 6.07 Å². The number of hydrogen-bond donors (Lipinski definition) is 1. The lowest BCUT2D eigenvalue weighted by Crippen LogP contribution is -2.20. The third kappa shape index (κ3) is 1.33. The van der Waals surface area contributed by atoms with Gasteiger partial charge < -0.3 is 5.11 Å². The van der Waals surface area contributed by atoms with Crippen LogP contribution in [0.3, 0.4) is 0 Å². The van der Waals surface area contributed by atoms with Crippen molar-refractivity contribution in [3.8, 4) is 0 Å². The van der Waals surface area contributed by atoms with Crippen molar-refractivity contribution in [3.05, 3.63) is 39.9 Å². The number of nitro benzene ring substituents is 1. The number of aliphatic hydroxyl groups is 1. The summed E-state index contributed by atoms with van der Waals surface area (Å²) < 4.78 is 0. The summed E-state index contributed by atoms with van der Waals surface area (Å²) in [5.74, 6) is 0. The molecule has 1 aliphatic rings. The summed E-state index contributed by atoms with van der Waals surface area (Å²) in [4.78, 5) is 10.6. The van der Waals surface area contributed by atoms with E-state index in [0.29, 0.717) is 5.56 Å². The maximum absolute atomic E-state index is 10.9. The molecule has 0 heterocycles. The number of para-hydroxylation sites is 1. The lowest BCUT2D eigenvalue weighted by Gasteiger charge is -2.17. The normalized spacial score (nSPS) is 26.4. The molecular weight excluding hydrogens is 206 g/mol.